The Morgan fingerprint density at radius 1 is 1.10 bits per heavy atom. The minimum absolute atomic E-state index is 0.664. The first kappa shape index (κ1) is 14.2. The maximum absolute atomic E-state index is 6.12. The Hall–Kier alpha value is -1.78. The lowest BCUT2D eigenvalue weighted by Gasteiger charge is -2.13. The first-order valence-electron chi connectivity index (χ1n) is 7.01. The van der Waals surface area contributed by atoms with Crippen molar-refractivity contribution < 1.29 is 9.47 Å². The van der Waals surface area contributed by atoms with Gasteiger partial charge < -0.3 is 14.8 Å². The maximum Gasteiger partial charge on any atom is 0.165 e. The second kappa shape index (κ2) is 6.78. The van der Waals surface area contributed by atoms with Crippen molar-refractivity contribution in [2.24, 2.45) is 0 Å². The van der Waals surface area contributed by atoms with Crippen LogP contribution in [0.15, 0.2) is 36.7 Å². The topological polar surface area (TPSA) is 43.4 Å². The molecule has 1 N–H and O–H groups in total. The Balaban J connectivity index is 1.67. The van der Waals surface area contributed by atoms with Crippen LogP contribution < -0.4 is 14.8 Å². The fourth-order valence-electron chi connectivity index (χ4n) is 2.27. The van der Waals surface area contributed by atoms with Crippen LogP contribution >= 0.6 is 11.6 Å². The highest BCUT2D eigenvalue weighted by Crippen LogP contribution is 2.33. The van der Waals surface area contributed by atoms with E-state index in [1.54, 1.807) is 18.5 Å². The van der Waals surface area contributed by atoms with Gasteiger partial charge in [0.15, 0.2) is 11.5 Å². The summed E-state index contributed by atoms with van der Waals surface area (Å²) in [6.45, 7) is 2.75. The van der Waals surface area contributed by atoms with Crippen molar-refractivity contribution in [3.05, 3.63) is 52.8 Å². The molecular formula is C16H17ClN2O2. The Kier molecular flexibility index (Phi) is 4.58. The molecule has 2 heterocycles. The summed E-state index contributed by atoms with van der Waals surface area (Å²) in [6, 6.07) is 7.78. The van der Waals surface area contributed by atoms with E-state index < -0.39 is 0 Å². The monoisotopic (exact) mass is 304 g/mol. The first-order valence-corrected chi connectivity index (χ1v) is 7.39. The Labute approximate surface area is 129 Å². The summed E-state index contributed by atoms with van der Waals surface area (Å²) in [7, 11) is 0. The molecule has 1 aliphatic heterocycles. The third-order valence-corrected chi connectivity index (χ3v) is 3.70. The largest absolute Gasteiger partial charge is 0.490 e. The molecule has 1 aromatic carbocycles. The van der Waals surface area contributed by atoms with E-state index in [0.717, 1.165) is 34.1 Å². The third kappa shape index (κ3) is 3.46. The molecule has 21 heavy (non-hydrogen) atoms. The van der Waals surface area contributed by atoms with E-state index in [0.29, 0.717) is 26.3 Å². The minimum Gasteiger partial charge on any atom is -0.490 e. The standard InChI is InChI=1S/C16H17ClN2O2/c17-14-5-6-18-10-13(14)11-19-9-12-3-1-4-15-16(12)21-8-2-7-20-15/h1,3-6,10,19H,2,7-9,11H2. The van der Waals surface area contributed by atoms with Crippen LogP contribution in [0.4, 0.5) is 0 Å². The highest BCUT2D eigenvalue weighted by atomic mass is 35.5. The lowest BCUT2D eigenvalue weighted by atomic mass is 10.1. The molecule has 0 fully saturated rings. The molecule has 1 aliphatic rings. The summed E-state index contributed by atoms with van der Waals surface area (Å²) in [5.41, 5.74) is 2.08. The molecule has 0 saturated carbocycles. The van der Waals surface area contributed by atoms with E-state index in [4.69, 9.17) is 21.1 Å². The summed E-state index contributed by atoms with van der Waals surface area (Å²) in [5.74, 6) is 1.67. The van der Waals surface area contributed by atoms with E-state index in [1.165, 1.54) is 0 Å². The van der Waals surface area contributed by atoms with Crippen molar-refractivity contribution in [2.75, 3.05) is 13.2 Å². The zero-order chi connectivity index (χ0) is 14.5. The summed E-state index contributed by atoms with van der Waals surface area (Å²) in [4.78, 5) is 4.08. The number of ether oxygens (including phenoxy) is 2. The molecule has 5 heteroatoms. The molecule has 1 aromatic heterocycles. The number of benzene rings is 1. The fourth-order valence-corrected chi connectivity index (χ4v) is 2.44. The van der Waals surface area contributed by atoms with Crippen molar-refractivity contribution >= 4 is 11.6 Å². The number of hydrogen-bond acceptors (Lipinski definition) is 4. The normalized spacial score (nSPS) is 13.8. The van der Waals surface area contributed by atoms with Crippen molar-refractivity contribution in [1.82, 2.24) is 10.3 Å². The van der Waals surface area contributed by atoms with Gasteiger partial charge >= 0.3 is 0 Å². The molecule has 0 aliphatic carbocycles. The Bertz CT molecular complexity index is 619. The summed E-state index contributed by atoms with van der Waals surface area (Å²) in [6.07, 6.45) is 4.38. The fraction of sp³-hybridized carbons (Fsp3) is 0.312. The number of nitrogens with one attached hydrogen (secondary N) is 1. The van der Waals surface area contributed by atoms with Crippen LogP contribution in [-0.4, -0.2) is 18.2 Å². The quantitative estimate of drug-likeness (QED) is 0.942. The van der Waals surface area contributed by atoms with Crippen molar-refractivity contribution in [3.8, 4) is 11.5 Å². The van der Waals surface area contributed by atoms with Gasteiger partial charge in [0.25, 0.3) is 0 Å². The second-order valence-electron chi connectivity index (χ2n) is 4.87. The van der Waals surface area contributed by atoms with Gasteiger partial charge in [0, 0.05) is 48.1 Å². The van der Waals surface area contributed by atoms with Crippen LogP contribution in [0.5, 0.6) is 11.5 Å². The molecule has 4 nitrogen and oxygen atoms in total. The van der Waals surface area contributed by atoms with Gasteiger partial charge in [0.2, 0.25) is 0 Å². The van der Waals surface area contributed by atoms with Crippen LogP contribution in [0.3, 0.4) is 0 Å². The van der Waals surface area contributed by atoms with Gasteiger partial charge in [-0.2, -0.15) is 0 Å². The minimum atomic E-state index is 0.664. The lowest BCUT2D eigenvalue weighted by molar-refractivity contribution is 0.296. The van der Waals surface area contributed by atoms with Gasteiger partial charge in [0.1, 0.15) is 0 Å². The summed E-state index contributed by atoms with van der Waals surface area (Å²) in [5, 5.41) is 4.10. The van der Waals surface area contributed by atoms with Crippen molar-refractivity contribution in [1.29, 1.82) is 0 Å². The number of hydrogen-bond donors (Lipinski definition) is 1. The van der Waals surface area contributed by atoms with Gasteiger partial charge in [-0.15, -0.1) is 0 Å². The van der Waals surface area contributed by atoms with Gasteiger partial charge in [-0.05, 0) is 12.1 Å². The third-order valence-electron chi connectivity index (χ3n) is 3.33. The molecule has 110 valence electrons. The van der Waals surface area contributed by atoms with Crippen LogP contribution in [0.2, 0.25) is 5.02 Å². The first-order chi connectivity index (χ1) is 10.3. The van der Waals surface area contributed by atoms with E-state index in [-0.39, 0.29) is 0 Å². The molecule has 0 radical (unpaired) electrons. The average molecular weight is 305 g/mol. The number of pyridine rings is 1. The van der Waals surface area contributed by atoms with Gasteiger partial charge in [-0.25, -0.2) is 0 Å². The van der Waals surface area contributed by atoms with Gasteiger partial charge in [-0.3, -0.25) is 4.98 Å². The second-order valence-corrected chi connectivity index (χ2v) is 5.27. The average Bonchev–Trinajstić information content (AvgIpc) is 2.75. The predicted molar refractivity (Wildman–Crippen MR) is 81.8 cm³/mol. The zero-order valence-electron chi connectivity index (χ0n) is 11.6. The number of nitrogens with zero attached hydrogens (tertiary/aromatic N) is 1. The van der Waals surface area contributed by atoms with Crippen LogP contribution in [0.1, 0.15) is 17.5 Å². The molecule has 0 spiro atoms. The summed E-state index contributed by atoms with van der Waals surface area (Å²) >= 11 is 6.12. The Morgan fingerprint density at radius 2 is 1.95 bits per heavy atom. The number of fused-ring (bicyclic) bond motifs is 1. The number of para-hydroxylation sites is 1. The predicted octanol–water partition coefficient (Wildman–Crippen LogP) is 3.19. The molecule has 0 saturated heterocycles. The Morgan fingerprint density at radius 3 is 2.86 bits per heavy atom. The van der Waals surface area contributed by atoms with Crippen LogP contribution in [-0.2, 0) is 13.1 Å². The van der Waals surface area contributed by atoms with Gasteiger partial charge in [-0.1, -0.05) is 23.7 Å². The molecule has 0 unspecified atom stereocenters. The lowest BCUT2D eigenvalue weighted by Crippen LogP contribution is -2.14. The van der Waals surface area contributed by atoms with Crippen LogP contribution in [0, 0.1) is 0 Å². The highest BCUT2D eigenvalue weighted by molar-refractivity contribution is 6.31. The van der Waals surface area contributed by atoms with Crippen molar-refractivity contribution in [3.63, 3.8) is 0 Å². The maximum atomic E-state index is 6.12. The van der Waals surface area contributed by atoms with E-state index in [2.05, 4.69) is 10.3 Å². The smallest absolute Gasteiger partial charge is 0.165 e. The molecule has 0 atom stereocenters. The van der Waals surface area contributed by atoms with Crippen molar-refractivity contribution in [2.45, 2.75) is 19.5 Å². The zero-order valence-corrected chi connectivity index (χ0v) is 12.4. The molecular weight excluding hydrogens is 288 g/mol. The highest BCUT2D eigenvalue weighted by Gasteiger charge is 2.14. The number of rotatable bonds is 4. The van der Waals surface area contributed by atoms with E-state index in [9.17, 15) is 0 Å². The number of halogens is 1. The van der Waals surface area contributed by atoms with Crippen LogP contribution in [0.25, 0.3) is 0 Å². The SMILES string of the molecule is Clc1ccncc1CNCc1cccc2c1OCCCO2. The number of aromatic nitrogens is 1. The molecule has 0 bridgehead atoms. The molecule has 3 rings (SSSR count). The molecule has 0 amide bonds. The van der Waals surface area contributed by atoms with E-state index >= 15 is 0 Å². The van der Waals surface area contributed by atoms with E-state index in [1.807, 2.05) is 18.2 Å². The molecule has 2 aromatic rings. The van der Waals surface area contributed by atoms with Gasteiger partial charge in [0.05, 0.1) is 13.2 Å². The summed E-state index contributed by atoms with van der Waals surface area (Å²) < 4.78 is 11.5.